The van der Waals surface area contributed by atoms with E-state index in [0.717, 1.165) is 18.4 Å². The summed E-state index contributed by atoms with van der Waals surface area (Å²) in [5.74, 6) is 0. The van der Waals surface area contributed by atoms with Gasteiger partial charge < -0.3 is 9.39 Å². The molecule has 2 aliphatic rings. The number of rotatable bonds is 2. The van der Waals surface area contributed by atoms with E-state index in [1.165, 1.54) is 10.4 Å². The van der Waals surface area contributed by atoms with Crippen molar-refractivity contribution >= 4 is 16.1 Å². The lowest BCUT2D eigenvalue weighted by Gasteiger charge is -2.36. The maximum Gasteiger partial charge on any atom is 0.416 e. The van der Waals surface area contributed by atoms with E-state index >= 15 is 0 Å². The van der Waals surface area contributed by atoms with Gasteiger partial charge in [0.05, 0.1) is 11.3 Å². The van der Waals surface area contributed by atoms with Crippen LogP contribution in [0.4, 0.5) is 13.2 Å². The second-order valence-electron chi connectivity index (χ2n) is 6.23. The van der Waals surface area contributed by atoms with E-state index in [9.17, 15) is 21.9 Å². The summed E-state index contributed by atoms with van der Waals surface area (Å²) in [5, 5.41) is 3.97. The van der Waals surface area contributed by atoms with Crippen molar-refractivity contribution in [2.24, 2.45) is 5.16 Å². The van der Waals surface area contributed by atoms with Gasteiger partial charge in [0.15, 0.2) is 0 Å². The summed E-state index contributed by atoms with van der Waals surface area (Å²) in [7, 11) is -3.24. The van der Waals surface area contributed by atoms with Crippen LogP contribution >= 0.6 is 0 Å². The molecule has 0 aromatic heterocycles. The average Bonchev–Trinajstić information content (AvgIpc) is 2.90. The molecule has 0 amide bonds. The van der Waals surface area contributed by atoms with Gasteiger partial charge in [-0.1, -0.05) is 21.5 Å². The van der Waals surface area contributed by atoms with Crippen molar-refractivity contribution in [3.05, 3.63) is 35.4 Å². The predicted molar refractivity (Wildman–Crippen MR) is 82.0 cm³/mol. The summed E-state index contributed by atoms with van der Waals surface area (Å²) in [4.78, 5) is 5.52. The molecule has 24 heavy (non-hydrogen) atoms. The number of piperidine rings is 1. The van der Waals surface area contributed by atoms with E-state index in [-0.39, 0.29) is 0 Å². The van der Waals surface area contributed by atoms with Crippen molar-refractivity contribution in [2.45, 2.75) is 31.0 Å². The lowest BCUT2D eigenvalue weighted by molar-refractivity contribution is -0.137. The summed E-state index contributed by atoms with van der Waals surface area (Å²) < 4.78 is 63.0. The molecule has 0 radical (unpaired) electrons. The van der Waals surface area contributed by atoms with Crippen LogP contribution in [-0.2, 0) is 25.6 Å². The minimum absolute atomic E-state index is 0.324. The molecular formula is C15H17F3N2O3S. The minimum Gasteiger partial charge on any atom is -0.598 e. The molecule has 1 aromatic rings. The van der Waals surface area contributed by atoms with Crippen LogP contribution in [0, 0.1) is 0 Å². The molecule has 5 nitrogen and oxygen atoms in total. The molecule has 0 aliphatic carbocycles. The van der Waals surface area contributed by atoms with Crippen molar-refractivity contribution in [3.8, 4) is 0 Å². The topological polar surface area (TPSA) is 65.0 Å². The number of benzene rings is 1. The van der Waals surface area contributed by atoms with Crippen molar-refractivity contribution in [3.63, 3.8) is 0 Å². The van der Waals surface area contributed by atoms with Crippen molar-refractivity contribution < 1.29 is 26.8 Å². The number of oxime groups is 1. The molecule has 1 aromatic carbocycles. The summed E-state index contributed by atoms with van der Waals surface area (Å²) >= 11 is 0. The largest absolute Gasteiger partial charge is 0.598 e. The normalized spacial score (nSPS) is 23.6. The average molecular weight is 362 g/mol. The smallest absolute Gasteiger partial charge is 0.416 e. The van der Waals surface area contributed by atoms with Gasteiger partial charge in [-0.05, 0) is 12.1 Å². The Labute approximate surface area is 138 Å². The number of nitrogens with zero attached hydrogens (tertiary/aromatic N) is 2. The highest BCUT2D eigenvalue weighted by molar-refractivity contribution is 7.94. The number of alkyl halides is 3. The fourth-order valence-electron chi connectivity index (χ4n) is 3.04. The van der Waals surface area contributed by atoms with Gasteiger partial charge in [-0.25, -0.2) is 0 Å². The van der Waals surface area contributed by atoms with E-state index in [4.69, 9.17) is 4.84 Å². The van der Waals surface area contributed by atoms with Crippen LogP contribution in [0.15, 0.2) is 29.4 Å². The maximum atomic E-state index is 12.8. The van der Waals surface area contributed by atoms with Crippen LogP contribution in [0.2, 0.25) is 0 Å². The second-order valence-corrected chi connectivity index (χ2v) is 8.21. The first-order chi connectivity index (χ1) is 11.1. The molecule has 0 saturated carbocycles. The molecule has 2 heterocycles. The number of sulfonamides is 1. The summed E-state index contributed by atoms with van der Waals surface area (Å²) in [6.45, 7) is 0.647. The van der Waals surface area contributed by atoms with Crippen LogP contribution in [0.3, 0.4) is 0 Å². The van der Waals surface area contributed by atoms with Gasteiger partial charge in [0.1, 0.15) is 22.3 Å². The van der Waals surface area contributed by atoms with Gasteiger partial charge in [0, 0.05) is 37.9 Å². The van der Waals surface area contributed by atoms with E-state index in [1.54, 1.807) is 6.07 Å². The molecule has 3 rings (SSSR count). The van der Waals surface area contributed by atoms with Crippen LogP contribution in [-0.4, -0.2) is 39.5 Å². The standard InChI is InChI=1S/C15H17F3N2O3S/c1-24(21,22)20-7-5-14(6-8-20)10-13(19-23-14)11-3-2-4-12(9-11)15(16,17)18/h2-4,9H,5-8,10H2,1H3. The molecule has 1 saturated heterocycles. The van der Waals surface area contributed by atoms with E-state index < -0.39 is 27.7 Å². The number of hydrogen-bond acceptors (Lipinski definition) is 4. The fourth-order valence-corrected chi connectivity index (χ4v) is 3.89. The Balaban J connectivity index is 1.71. The monoisotopic (exact) mass is 362 g/mol. The van der Waals surface area contributed by atoms with Crippen molar-refractivity contribution in [1.82, 2.24) is 4.31 Å². The van der Waals surface area contributed by atoms with Crippen LogP contribution in [0.5, 0.6) is 0 Å². The van der Waals surface area contributed by atoms with Crippen LogP contribution in [0.25, 0.3) is 0 Å². The predicted octanol–water partition coefficient (Wildman–Crippen LogP) is 2.84. The van der Waals surface area contributed by atoms with Crippen molar-refractivity contribution in [2.75, 3.05) is 19.3 Å². The Bertz CT molecular complexity index is 706. The van der Waals surface area contributed by atoms with E-state index in [2.05, 4.69) is 5.16 Å². The Morgan fingerprint density at radius 3 is 2.58 bits per heavy atom. The van der Waals surface area contributed by atoms with Gasteiger partial charge in [-0.15, -0.1) is 4.31 Å². The zero-order valence-corrected chi connectivity index (χ0v) is 13.8. The van der Waals surface area contributed by atoms with Gasteiger partial charge in [-0.2, -0.15) is 13.2 Å². The van der Waals surface area contributed by atoms with Gasteiger partial charge >= 0.3 is 6.18 Å². The first kappa shape index (κ1) is 17.4. The third-order valence-corrected chi connectivity index (χ3v) is 5.77. The summed E-state index contributed by atoms with van der Waals surface area (Å²) in [5.41, 5.74) is -0.498. The molecule has 2 aliphatic heterocycles. The van der Waals surface area contributed by atoms with E-state index in [0.29, 0.717) is 43.6 Å². The quantitative estimate of drug-likeness (QED) is 0.760. The van der Waals surface area contributed by atoms with Crippen molar-refractivity contribution in [1.29, 1.82) is 0 Å². The highest BCUT2D eigenvalue weighted by atomic mass is 32.3. The van der Waals surface area contributed by atoms with Gasteiger partial charge in [0.25, 0.3) is 0 Å². The number of hydrogen-bond donors (Lipinski definition) is 0. The van der Waals surface area contributed by atoms with Gasteiger partial charge in [0.2, 0.25) is 0 Å². The molecule has 1 unspecified atom stereocenters. The Hall–Kier alpha value is -1.45. The zero-order valence-electron chi connectivity index (χ0n) is 13.0. The molecule has 132 valence electrons. The lowest BCUT2D eigenvalue weighted by Crippen LogP contribution is -2.48. The molecule has 1 atom stereocenters. The lowest BCUT2D eigenvalue weighted by atomic mass is 9.86. The third-order valence-electron chi connectivity index (χ3n) is 4.46. The zero-order chi connectivity index (χ0) is 17.6. The summed E-state index contributed by atoms with van der Waals surface area (Å²) in [6.07, 6.45) is -1.94. The highest BCUT2D eigenvalue weighted by Gasteiger charge is 2.45. The van der Waals surface area contributed by atoms with Crippen LogP contribution in [0.1, 0.15) is 30.4 Å². The molecular weight excluding hydrogens is 345 g/mol. The SMILES string of the molecule is C[S+](=O)([O-])N1CCC2(CC1)CC(c1cccc(C(F)(F)F)c1)=NO2. The minimum atomic E-state index is -4.41. The molecule has 1 fully saturated rings. The van der Waals surface area contributed by atoms with E-state index in [1.807, 2.05) is 0 Å². The second kappa shape index (κ2) is 5.82. The maximum absolute atomic E-state index is 12.8. The molecule has 0 N–H and O–H groups in total. The van der Waals surface area contributed by atoms with Gasteiger partial charge in [-0.3, -0.25) is 0 Å². The third kappa shape index (κ3) is 3.47. The summed E-state index contributed by atoms with van der Waals surface area (Å²) in [6, 6.07) is 4.99. The first-order valence-electron chi connectivity index (χ1n) is 7.47. The Morgan fingerprint density at radius 2 is 2.00 bits per heavy atom. The highest BCUT2D eigenvalue weighted by Crippen LogP contribution is 2.38. The first-order valence-corrected chi connectivity index (χ1v) is 9.32. The van der Waals surface area contributed by atoms with Crippen LogP contribution < -0.4 is 0 Å². The Kier molecular flexibility index (Phi) is 4.21. The fraction of sp³-hybridized carbons (Fsp3) is 0.533. The number of halogens is 3. The molecule has 0 bridgehead atoms. The molecule has 1 spiro atoms. The Morgan fingerprint density at radius 1 is 1.33 bits per heavy atom. The molecule has 9 heteroatoms.